The molecule has 2 aromatic heterocycles. The van der Waals surface area contributed by atoms with Crippen LogP contribution in [0.25, 0.3) is 11.2 Å². The van der Waals surface area contributed by atoms with E-state index in [0.29, 0.717) is 11.2 Å². The van der Waals surface area contributed by atoms with Crippen molar-refractivity contribution in [3.8, 4) is 0 Å². The first-order chi connectivity index (χ1) is 5.66. The fourth-order valence-corrected chi connectivity index (χ4v) is 1.30. The summed E-state index contributed by atoms with van der Waals surface area (Å²) in [6, 6.07) is 1.37. The van der Waals surface area contributed by atoms with E-state index in [1.807, 2.05) is 0 Å². The lowest BCUT2D eigenvalue weighted by Crippen LogP contribution is -1.83. The minimum Gasteiger partial charge on any atom is -0.341 e. The van der Waals surface area contributed by atoms with E-state index in [4.69, 9.17) is 0 Å². The molecule has 0 amide bonds. The molecule has 0 aliphatic rings. The number of halogens is 2. The highest BCUT2D eigenvalue weighted by Gasteiger charge is 2.06. The van der Waals surface area contributed by atoms with Crippen LogP contribution in [0.2, 0.25) is 0 Å². The van der Waals surface area contributed by atoms with Crippen LogP contribution in [0.3, 0.4) is 0 Å². The van der Waals surface area contributed by atoms with E-state index in [9.17, 15) is 4.39 Å². The number of imidazole rings is 1. The smallest absolute Gasteiger partial charge is 0.178 e. The number of nitrogens with one attached hydrogen (secondary N) is 1. The maximum Gasteiger partial charge on any atom is 0.178 e. The Labute approximate surface area is 76.2 Å². The van der Waals surface area contributed by atoms with E-state index < -0.39 is 0 Å². The van der Waals surface area contributed by atoms with Crippen molar-refractivity contribution in [2.45, 2.75) is 6.92 Å². The van der Waals surface area contributed by atoms with Crippen LogP contribution in [0.5, 0.6) is 0 Å². The fourth-order valence-electron chi connectivity index (χ4n) is 1.02. The Kier molecular flexibility index (Phi) is 1.61. The van der Waals surface area contributed by atoms with Gasteiger partial charge in [0.15, 0.2) is 11.5 Å². The minimum atomic E-state index is -0.383. The van der Waals surface area contributed by atoms with Gasteiger partial charge in [-0.25, -0.2) is 14.4 Å². The second kappa shape index (κ2) is 2.52. The summed E-state index contributed by atoms with van der Waals surface area (Å²) >= 11 is 2.99. The van der Waals surface area contributed by atoms with Gasteiger partial charge in [0.25, 0.3) is 0 Å². The maximum absolute atomic E-state index is 12.9. The van der Waals surface area contributed by atoms with Crippen molar-refractivity contribution >= 4 is 27.1 Å². The molecule has 0 spiro atoms. The van der Waals surface area contributed by atoms with Crippen molar-refractivity contribution in [2.75, 3.05) is 0 Å². The largest absolute Gasteiger partial charge is 0.341 e. The number of H-pyrrole nitrogens is 1. The third kappa shape index (κ3) is 1.10. The molecule has 3 nitrogen and oxygen atoms in total. The van der Waals surface area contributed by atoms with Crippen LogP contribution in [0.1, 0.15) is 5.82 Å². The molecule has 0 saturated carbocycles. The van der Waals surface area contributed by atoms with Gasteiger partial charge in [-0.15, -0.1) is 0 Å². The first kappa shape index (κ1) is 7.67. The molecule has 2 heterocycles. The molecule has 1 N–H and O–H groups in total. The molecule has 62 valence electrons. The summed E-state index contributed by atoms with van der Waals surface area (Å²) in [5.74, 6) is 0.348. The molecule has 2 aromatic rings. The molecule has 12 heavy (non-hydrogen) atoms. The van der Waals surface area contributed by atoms with Crippen molar-refractivity contribution in [2.24, 2.45) is 0 Å². The molecular weight excluding hydrogens is 225 g/mol. The molecule has 2 rings (SSSR count). The van der Waals surface area contributed by atoms with Crippen LogP contribution in [0, 0.1) is 12.7 Å². The van der Waals surface area contributed by atoms with E-state index in [0.717, 1.165) is 5.82 Å². The fraction of sp³-hybridized carbons (Fsp3) is 0.143. The van der Waals surface area contributed by atoms with Crippen LogP contribution in [0.4, 0.5) is 4.39 Å². The summed E-state index contributed by atoms with van der Waals surface area (Å²) in [6.45, 7) is 1.80. The highest BCUT2D eigenvalue weighted by molar-refractivity contribution is 9.10. The zero-order chi connectivity index (χ0) is 8.72. The normalized spacial score (nSPS) is 10.9. The molecule has 0 fully saturated rings. The van der Waals surface area contributed by atoms with Gasteiger partial charge in [-0.05, 0) is 22.9 Å². The summed E-state index contributed by atoms with van der Waals surface area (Å²) in [7, 11) is 0. The predicted octanol–water partition coefficient (Wildman–Crippen LogP) is 2.17. The Morgan fingerprint density at radius 2 is 2.25 bits per heavy atom. The van der Waals surface area contributed by atoms with Crippen molar-refractivity contribution in [1.29, 1.82) is 0 Å². The van der Waals surface area contributed by atoms with Gasteiger partial charge in [-0.3, -0.25) is 0 Å². The monoisotopic (exact) mass is 229 g/mol. The van der Waals surface area contributed by atoms with E-state index in [-0.39, 0.29) is 10.4 Å². The molecule has 0 aliphatic carbocycles. The Bertz CT molecular complexity index is 398. The zero-order valence-electron chi connectivity index (χ0n) is 6.23. The number of nitrogens with zero attached hydrogens (tertiary/aromatic N) is 2. The van der Waals surface area contributed by atoms with Crippen molar-refractivity contribution in [3.05, 3.63) is 22.3 Å². The lowest BCUT2D eigenvalue weighted by atomic mass is 10.4. The molecule has 0 bridgehead atoms. The van der Waals surface area contributed by atoms with Crippen LogP contribution >= 0.6 is 15.9 Å². The zero-order valence-corrected chi connectivity index (χ0v) is 7.81. The van der Waals surface area contributed by atoms with Crippen LogP contribution < -0.4 is 0 Å². The first-order valence-corrected chi connectivity index (χ1v) is 4.14. The van der Waals surface area contributed by atoms with E-state index >= 15 is 0 Å². The van der Waals surface area contributed by atoms with Crippen LogP contribution in [-0.4, -0.2) is 15.0 Å². The molecule has 0 saturated heterocycles. The van der Waals surface area contributed by atoms with Gasteiger partial charge >= 0.3 is 0 Å². The molecule has 0 atom stereocenters. The van der Waals surface area contributed by atoms with E-state index in [2.05, 4.69) is 30.9 Å². The van der Waals surface area contributed by atoms with Gasteiger partial charge in [0, 0.05) is 6.07 Å². The average Bonchev–Trinajstić information content (AvgIpc) is 2.30. The molecule has 0 aliphatic heterocycles. The molecule has 0 radical (unpaired) electrons. The summed E-state index contributed by atoms with van der Waals surface area (Å²) in [5, 5.41) is 0. The second-order valence-corrected chi connectivity index (χ2v) is 3.21. The number of hydrogen-bond acceptors (Lipinski definition) is 2. The van der Waals surface area contributed by atoms with Crippen molar-refractivity contribution in [3.63, 3.8) is 0 Å². The summed E-state index contributed by atoms with van der Waals surface area (Å²) in [5.41, 5.74) is 1.15. The number of aryl methyl sites for hydroxylation is 1. The standard InChI is InChI=1S/C7H5BrFN3/c1-3-10-5-2-4(9)6(8)12-7(5)11-3/h2H,1H3,(H,10,11,12). The summed E-state index contributed by atoms with van der Waals surface area (Å²) < 4.78 is 13.1. The Balaban J connectivity index is 2.83. The Morgan fingerprint density at radius 1 is 1.50 bits per heavy atom. The first-order valence-electron chi connectivity index (χ1n) is 3.35. The van der Waals surface area contributed by atoms with Gasteiger partial charge in [0.2, 0.25) is 0 Å². The summed E-state index contributed by atoms with van der Waals surface area (Å²) in [4.78, 5) is 10.8. The topological polar surface area (TPSA) is 41.6 Å². The number of rotatable bonds is 0. The SMILES string of the molecule is Cc1nc2nc(Br)c(F)cc2[nH]1. The van der Waals surface area contributed by atoms with Crippen molar-refractivity contribution < 1.29 is 4.39 Å². The number of aromatic amines is 1. The molecule has 5 heteroatoms. The Morgan fingerprint density at radius 3 is 3.00 bits per heavy atom. The average molecular weight is 230 g/mol. The highest BCUT2D eigenvalue weighted by atomic mass is 79.9. The molecular formula is C7H5BrFN3. The van der Waals surface area contributed by atoms with E-state index in [1.165, 1.54) is 6.07 Å². The third-order valence-electron chi connectivity index (χ3n) is 1.50. The van der Waals surface area contributed by atoms with Gasteiger partial charge < -0.3 is 4.98 Å². The van der Waals surface area contributed by atoms with Crippen LogP contribution in [0.15, 0.2) is 10.7 Å². The second-order valence-electron chi connectivity index (χ2n) is 2.45. The minimum absolute atomic E-state index is 0.196. The number of fused-ring (bicyclic) bond motifs is 1. The van der Waals surface area contributed by atoms with Gasteiger partial charge in [-0.2, -0.15) is 0 Å². The quantitative estimate of drug-likeness (QED) is 0.704. The lowest BCUT2D eigenvalue weighted by Gasteiger charge is -1.91. The highest BCUT2D eigenvalue weighted by Crippen LogP contribution is 2.17. The van der Waals surface area contributed by atoms with Gasteiger partial charge in [0.1, 0.15) is 10.4 Å². The Hall–Kier alpha value is -0.970. The maximum atomic E-state index is 12.9. The van der Waals surface area contributed by atoms with Gasteiger partial charge in [0.05, 0.1) is 5.52 Å². The predicted molar refractivity (Wildman–Crippen MR) is 46.3 cm³/mol. The number of hydrogen-bond donors (Lipinski definition) is 1. The summed E-state index contributed by atoms with van der Waals surface area (Å²) in [6.07, 6.45) is 0. The van der Waals surface area contributed by atoms with Gasteiger partial charge in [-0.1, -0.05) is 0 Å². The lowest BCUT2D eigenvalue weighted by molar-refractivity contribution is 0.615. The van der Waals surface area contributed by atoms with Crippen molar-refractivity contribution in [1.82, 2.24) is 15.0 Å². The van der Waals surface area contributed by atoms with Crippen LogP contribution in [-0.2, 0) is 0 Å². The molecule has 0 unspecified atom stereocenters. The molecule has 0 aromatic carbocycles. The van der Waals surface area contributed by atoms with E-state index in [1.54, 1.807) is 6.92 Å². The number of pyridine rings is 1. The third-order valence-corrected chi connectivity index (χ3v) is 2.06. The number of aromatic nitrogens is 3.